The van der Waals surface area contributed by atoms with Crippen LogP contribution in [0.25, 0.3) is 0 Å². The van der Waals surface area contributed by atoms with Crippen LogP contribution in [0.1, 0.15) is 27.2 Å². The molecule has 0 aromatic heterocycles. The first kappa shape index (κ1) is 13.2. The summed E-state index contributed by atoms with van der Waals surface area (Å²) in [7, 11) is 1.63. The van der Waals surface area contributed by atoms with Gasteiger partial charge in [0.15, 0.2) is 0 Å². The molecule has 0 spiro atoms. The van der Waals surface area contributed by atoms with Gasteiger partial charge in [0.2, 0.25) is 0 Å². The molecule has 90 valence electrons. The first-order valence-electron chi connectivity index (χ1n) is 5.68. The highest BCUT2D eigenvalue weighted by Crippen LogP contribution is 2.28. The lowest BCUT2D eigenvalue weighted by Crippen LogP contribution is -2.23. The molecule has 0 fully saturated rings. The molecule has 2 atom stereocenters. The van der Waals surface area contributed by atoms with Crippen LogP contribution in [0.5, 0.6) is 5.75 Å². The first-order chi connectivity index (χ1) is 7.58. The Hall–Kier alpha value is -0.890. The summed E-state index contributed by atoms with van der Waals surface area (Å²) < 4.78 is 5.18. The first-order valence-corrected chi connectivity index (χ1v) is 6.06. The van der Waals surface area contributed by atoms with Gasteiger partial charge in [0.1, 0.15) is 5.75 Å². The SMILES string of the molecule is CCC(C)C(C)Nc1ccc(Cl)c(OC)c1. The molecule has 1 rings (SSSR count). The Bertz CT molecular complexity index is 341. The lowest BCUT2D eigenvalue weighted by Gasteiger charge is -2.21. The third-order valence-electron chi connectivity index (χ3n) is 3.04. The van der Waals surface area contributed by atoms with Crippen molar-refractivity contribution in [1.82, 2.24) is 0 Å². The molecule has 0 aliphatic carbocycles. The number of halogens is 1. The predicted molar refractivity (Wildman–Crippen MR) is 70.5 cm³/mol. The van der Waals surface area contributed by atoms with E-state index in [2.05, 4.69) is 26.1 Å². The zero-order valence-electron chi connectivity index (χ0n) is 10.4. The van der Waals surface area contributed by atoms with Crippen LogP contribution in [0.15, 0.2) is 18.2 Å². The Morgan fingerprint density at radius 1 is 1.38 bits per heavy atom. The maximum absolute atomic E-state index is 5.97. The highest BCUT2D eigenvalue weighted by atomic mass is 35.5. The van der Waals surface area contributed by atoms with Crippen molar-refractivity contribution >= 4 is 17.3 Å². The van der Waals surface area contributed by atoms with Crippen molar-refractivity contribution in [2.75, 3.05) is 12.4 Å². The zero-order valence-corrected chi connectivity index (χ0v) is 11.1. The van der Waals surface area contributed by atoms with E-state index in [-0.39, 0.29) is 0 Å². The molecule has 0 radical (unpaired) electrons. The number of rotatable bonds is 5. The summed E-state index contributed by atoms with van der Waals surface area (Å²) in [6.07, 6.45) is 1.17. The summed E-state index contributed by atoms with van der Waals surface area (Å²) in [5, 5.41) is 4.10. The second kappa shape index (κ2) is 6.00. The highest BCUT2D eigenvalue weighted by Gasteiger charge is 2.10. The Morgan fingerprint density at radius 2 is 2.06 bits per heavy atom. The average molecular weight is 242 g/mol. The molecule has 0 saturated carbocycles. The topological polar surface area (TPSA) is 21.3 Å². The van der Waals surface area contributed by atoms with Crippen molar-refractivity contribution in [1.29, 1.82) is 0 Å². The molecule has 2 unspecified atom stereocenters. The maximum Gasteiger partial charge on any atom is 0.139 e. The normalized spacial score (nSPS) is 14.3. The molecule has 3 heteroatoms. The number of hydrogen-bond acceptors (Lipinski definition) is 2. The quantitative estimate of drug-likeness (QED) is 0.835. The van der Waals surface area contributed by atoms with Gasteiger partial charge in [-0.3, -0.25) is 0 Å². The van der Waals surface area contributed by atoms with Crippen LogP contribution in [-0.2, 0) is 0 Å². The summed E-state index contributed by atoms with van der Waals surface area (Å²) >= 11 is 5.97. The number of methoxy groups -OCH3 is 1. The van der Waals surface area contributed by atoms with Gasteiger partial charge in [-0.2, -0.15) is 0 Å². The van der Waals surface area contributed by atoms with E-state index in [4.69, 9.17) is 16.3 Å². The van der Waals surface area contributed by atoms with Crippen LogP contribution in [0.3, 0.4) is 0 Å². The standard InChI is InChI=1S/C13H20ClNO/c1-5-9(2)10(3)15-11-6-7-12(14)13(8-11)16-4/h6-10,15H,5H2,1-4H3. The Balaban J connectivity index is 2.74. The van der Waals surface area contributed by atoms with Gasteiger partial charge in [-0.1, -0.05) is 31.9 Å². The van der Waals surface area contributed by atoms with Gasteiger partial charge < -0.3 is 10.1 Å². The summed E-state index contributed by atoms with van der Waals surface area (Å²) in [5.74, 6) is 1.35. The Kier molecular flexibility index (Phi) is 4.94. The fourth-order valence-electron chi connectivity index (χ4n) is 1.51. The lowest BCUT2D eigenvalue weighted by molar-refractivity contribution is 0.415. The maximum atomic E-state index is 5.97. The van der Waals surface area contributed by atoms with E-state index in [1.165, 1.54) is 6.42 Å². The van der Waals surface area contributed by atoms with Gasteiger partial charge >= 0.3 is 0 Å². The van der Waals surface area contributed by atoms with Crippen molar-refractivity contribution in [3.63, 3.8) is 0 Å². The van der Waals surface area contributed by atoms with Gasteiger partial charge in [-0.05, 0) is 25.0 Å². The smallest absolute Gasteiger partial charge is 0.139 e. The molecule has 0 heterocycles. The predicted octanol–water partition coefficient (Wildman–Crippen LogP) is 4.20. The van der Waals surface area contributed by atoms with Gasteiger partial charge in [0.25, 0.3) is 0 Å². The molecule has 1 N–H and O–H groups in total. The van der Waals surface area contributed by atoms with Crippen LogP contribution in [0, 0.1) is 5.92 Å². The van der Waals surface area contributed by atoms with Gasteiger partial charge in [-0.15, -0.1) is 0 Å². The van der Waals surface area contributed by atoms with Gasteiger partial charge in [0.05, 0.1) is 12.1 Å². The van der Waals surface area contributed by atoms with Crippen LogP contribution in [-0.4, -0.2) is 13.2 Å². The summed E-state index contributed by atoms with van der Waals surface area (Å²) in [5.41, 5.74) is 1.05. The van der Waals surface area contributed by atoms with Crippen molar-refractivity contribution in [3.05, 3.63) is 23.2 Å². The third-order valence-corrected chi connectivity index (χ3v) is 3.36. The fraction of sp³-hybridized carbons (Fsp3) is 0.538. The van der Waals surface area contributed by atoms with E-state index in [1.54, 1.807) is 7.11 Å². The minimum atomic E-state index is 0.441. The second-order valence-electron chi connectivity index (χ2n) is 4.17. The zero-order chi connectivity index (χ0) is 12.1. The molecule has 1 aromatic carbocycles. The fourth-order valence-corrected chi connectivity index (χ4v) is 1.70. The van der Waals surface area contributed by atoms with E-state index in [9.17, 15) is 0 Å². The number of ether oxygens (including phenoxy) is 1. The molecule has 0 saturated heterocycles. The minimum Gasteiger partial charge on any atom is -0.495 e. The number of hydrogen-bond donors (Lipinski definition) is 1. The van der Waals surface area contributed by atoms with Crippen LogP contribution < -0.4 is 10.1 Å². The van der Waals surface area contributed by atoms with E-state index >= 15 is 0 Å². The van der Waals surface area contributed by atoms with Crippen molar-refractivity contribution in [2.45, 2.75) is 33.2 Å². The van der Waals surface area contributed by atoms with Gasteiger partial charge in [0, 0.05) is 17.8 Å². The van der Waals surface area contributed by atoms with Crippen molar-refractivity contribution in [3.8, 4) is 5.75 Å². The molecule has 0 aliphatic rings. The number of nitrogens with one attached hydrogen (secondary N) is 1. The molecule has 0 amide bonds. The third kappa shape index (κ3) is 3.31. The Labute approximate surface area is 103 Å². The van der Waals surface area contributed by atoms with E-state index in [0.29, 0.717) is 22.7 Å². The Morgan fingerprint density at radius 3 is 2.62 bits per heavy atom. The number of benzene rings is 1. The minimum absolute atomic E-state index is 0.441. The molecule has 0 bridgehead atoms. The van der Waals surface area contributed by atoms with E-state index < -0.39 is 0 Å². The van der Waals surface area contributed by atoms with Crippen LogP contribution >= 0.6 is 11.6 Å². The lowest BCUT2D eigenvalue weighted by atomic mass is 10.0. The van der Waals surface area contributed by atoms with Crippen molar-refractivity contribution in [2.24, 2.45) is 5.92 Å². The van der Waals surface area contributed by atoms with Gasteiger partial charge in [-0.25, -0.2) is 0 Å². The summed E-state index contributed by atoms with van der Waals surface area (Å²) in [4.78, 5) is 0. The molecule has 2 nitrogen and oxygen atoms in total. The van der Waals surface area contributed by atoms with Crippen molar-refractivity contribution < 1.29 is 4.74 Å². The monoisotopic (exact) mass is 241 g/mol. The second-order valence-corrected chi connectivity index (χ2v) is 4.58. The van der Waals surface area contributed by atoms with Crippen LogP contribution in [0.2, 0.25) is 5.02 Å². The molecular formula is C13H20ClNO. The van der Waals surface area contributed by atoms with Crippen LogP contribution in [0.4, 0.5) is 5.69 Å². The summed E-state index contributed by atoms with van der Waals surface area (Å²) in [6, 6.07) is 6.20. The van der Waals surface area contributed by atoms with E-state index in [1.807, 2.05) is 18.2 Å². The highest BCUT2D eigenvalue weighted by molar-refractivity contribution is 6.32. The average Bonchev–Trinajstić information content (AvgIpc) is 2.30. The molecular weight excluding hydrogens is 222 g/mol. The summed E-state index contributed by atoms with van der Waals surface area (Å²) in [6.45, 7) is 6.63. The molecule has 16 heavy (non-hydrogen) atoms. The molecule has 0 aliphatic heterocycles. The largest absolute Gasteiger partial charge is 0.495 e. The number of anilines is 1. The van der Waals surface area contributed by atoms with E-state index in [0.717, 1.165) is 5.69 Å². The molecule has 1 aromatic rings.